The Morgan fingerprint density at radius 3 is 0.602 bits per heavy atom. The number of hydrogen-bond donors (Lipinski definition) is 0. The molecule has 10 rings (SSSR count). The summed E-state index contributed by atoms with van der Waals surface area (Å²) < 4.78 is 141. The van der Waals surface area contributed by atoms with E-state index >= 15 is 0 Å². The van der Waals surface area contributed by atoms with Crippen LogP contribution in [0.2, 0.25) is 116 Å². The standard InChI is InChI=1S/C72H110O18Si13/c1-91(2,3)76-60-57-73-54-37-63-94(10,11)79-97(66-40-23-16-24-41-66)82-100(69-46-29-19-30-47-69)84-98(67-42-25-17-26-43-67,80-95(12,13)64-38-55-74-58-61-77-92(4,5)6)86-102(71-50-33-21-34-51-71)87-99(68-44-27-18-28-45-68,81-96(14,15)65-39-56-75-59-62-78-93(7,8)9)85-101(83-97,70-48-31-20-32-49-70)89-103(88-100,90-102)72-52-35-22-36-53-72/h16-36,40-53H,37-39,54-65H2,1-15H3. The fourth-order valence-corrected chi connectivity index (χ4v) is 65.6. The van der Waals surface area contributed by atoms with Crippen molar-refractivity contribution in [1.29, 1.82) is 0 Å². The molecule has 18 nitrogen and oxygen atoms in total. The predicted octanol–water partition coefficient (Wildman–Crippen LogP) is 11.5. The lowest BCUT2D eigenvalue weighted by Gasteiger charge is -2.59. The molecule has 0 aromatic heterocycles. The topological polar surface area (TPSA) is 166 Å². The van der Waals surface area contributed by atoms with Crippen molar-refractivity contribution in [1.82, 2.24) is 0 Å². The molecular weight excluding hydrogens is 1520 g/mol. The summed E-state index contributed by atoms with van der Waals surface area (Å²) in [6.07, 6.45) is 2.01. The van der Waals surface area contributed by atoms with E-state index in [1.54, 1.807) is 0 Å². The van der Waals surface area contributed by atoms with Gasteiger partial charge in [0.25, 0.3) is 0 Å². The first kappa shape index (κ1) is 82.1. The van der Waals surface area contributed by atoms with Crippen LogP contribution >= 0.6 is 0 Å². The smallest absolute Gasteiger partial charge is 0.415 e. The average molecular weight is 1630 g/mol. The molecule has 3 fully saturated rings. The van der Waals surface area contributed by atoms with Crippen LogP contribution in [0.1, 0.15) is 19.3 Å². The lowest BCUT2D eigenvalue weighted by molar-refractivity contribution is 0.0380. The second-order valence-electron chi connectivity index (χ2n) is 31.0. The molecule has 3 aliphatic heterocycles. The third-order valence-corrected chi connectivity index (χ3v) is 61.4. The number of hydrogen-bond acceptors (Lipinski definition) is 18. The summed E-state index contributed by atoms with van der Waals surface area (Å²) in [5, 5.41) is 4.09. The van der Waals surface area contributed by atoms with Crippen LogP contribution in [0.4, 0.5) is 0 Å². The molecule has 0 atom stereocenters. The monoisotopic (exact) mass is 1630 g/mol. The largest absolute Gasteiger partial charge is 0.515 e. The minimum Gasteiger partial charge on any atom is -0.415 e. The molecule has 0 N–H and O–H groups in total. The van der Waals surface area contributed by atoms with Gasteiger partial charge in [-0.3, -0.25) is 0 Å². The molecule has 4 bridgehead atoms. The van der Waals surface area contributed by atoms with E-state index in [1.165, 1.54) is 0 Å². The fraction of sp³-hybridized carbons (Fsp3) is 0.417. The molecule has 3 aliphatic rings. The molecule has 0 unspecified atom stereocenters. The van der Waals surface area contributed by atoms with Crippen molar-refractivity contribution in [2.24, 2.45) is 0 Å². The van der Waals surface area contributed by atoms with Crippen LogP contribution in [0.15, 0.2) is 212 Å². The van der Waals surface area contributed by atoms with Gasteiger partial charge in [-0.2, -0.15) is 0 Å². The van der Waals surface area contributed by atoms with Crippen LogP contribution in [0.5, 0.6) is 0 Å². The molecule has 0 radical (unpaired) electrons. The number of ether oxygens (including phenoxy) is 3. The van der Waals surface area contributed by atoms with Gasteiger partial charge in [0.1, 0.15) is 0 Å². The Labute approximate surface area is 627 Å². The third kappa shape index (κ3) is 22.4. The van der Waals surface area contributed by atoms with Gasteiger partial charge in [0.05, 0.1) is 39.6 Å². The van der Waals surface area contributed by atoms with Crippen LogP contribution in [0, 0.1) is 0 Å². The maximum Gasteiger partial charge on any atom is 0.515 e. The average Bonchev–Trinajstić information content (AvgIpc) is 0.682. The van der Waals surface area contributed by atoms with E-state index in [9.17, 15) is 0 Å². The van der Waals surface area contributed by atoms with E-state index in [0.717, 1.165) is 0 Å². The zero-order valence-corrected chi connectivity index (χ0v) is 76.2. The lowest BCUT2D eigenvalue weighted by Crippen LogP contribution is -2.92. The second kappa shape index (κ2) is 35.1. The van der Waals surface area contributed by atoms with Crippen LogP contribution in [-0.2, 0) is 76.9 Å². The highest BCUT2D eigenvalue weighted by Crippen LogP contribution is 2.45. The van der Waals surface area contributed by atoms with Gasteiger partial charge in [-0.15, -0.1) is 0 Å². The van der Waals surface area contributed by atoms with Crippen LogP contribution in [-0.4, -0.2) is 171 Å². The van der Waals surface area contributed by atoms with Gasteiger partial charge in [-0.1, -0.05) is 212 Å². The Morgan fingerprint density at radius 2 is 0.408 bits per heavy atom. The zero-order chi connectivity index (χ0) is 73.6. The molecule has 558 valence electrons. The van der Waals surface area contributed by atoms with Crippen LogP contribution in [0.25, 0.3) is 0 Å². The highest BCUT2D eigenvalue weighted by Gasteiger charge is 2.81. The molecule has 0 saturated carbocycles. The van der Waals surface area contributed by atoms with Crippen molar-refractivity contribution in [2.45, 2.75) is 136 Å². The Kier molecular flexibility index (Phi) is 28.0. The molecule has 0 aliphatic carbocycles. The van der Waals surface area contributed by atoms with E-state index in [2.05, 4.69) is 98.2 Å². The zero-order valence-electron chi connectivity index (χ0n) is 63.2. The Bertz CT molecular complexity index is 3330. The lowest BCUT2D eigenvalue weighted by atomic mass is 10.4. The Balaban J connectivity index is 1.29. The van der Waals surface area contributed by atoms with Gasteiger partial charge >= 0.3 is 61.6 Å². The minimum atomic E-state index is -5.08. The van der Waals surface area contributed by atoms with Gasteiger partial charge < -0.3 is 76.9 Å². The highest BCUT2D eigenvalue weighted by molar-refractivity contribution is 7.11. The summed E-state index contributed by atoms with van der Waals surface area (Å²) in [5.74, 6) is 0. The van der Waals surface area contributed by atoms with Gasteiger partial charge in [0.2, 0.25) is 0 Å². The maximum atomic E-state index is 8.74. The van der Waals surface area contributed by atoms with Gasteiger partial charge in [0, 0.05) is 56.1 Å². The molecule has 3 heterocycles. The summed E-state index contributed by atoms with van der Waals surface area (Å²) in [7, 11) is -49.9. The highest BCUT2D eigenvalue weighted by atomic mass is 28.6. The summed E-state index contributed by atoms with van der Waals surface area (Å²) in [4.78, 5) is 0. The first-order valence-corrected chi connectivity index (χ1v) is 67.9. The first-order chi connectivity index (χ1) is 48.8. The van der Waals surface area contributed by atoms with Crippen molar-refractivity contribution >= 4 is 148 Å². The summed E-state index contributed by atoms with van der Waals surface area (Å²) in [6.45, 7) is 37.4. The van der Waals surface area contributed by atoms with E-state index in [1.807, 2.05) is 212 Å². The van der Waals surface area contributed by atoms with Crippen molar-refractivity contribution in [3.63, 3.8) is 0 Å². The van der Waals surface area contributed by atoms with E-state index in [-0.39, 0.29) is 0 Å². The van der Waals surface area contributed by atoms with Crippen molar-refractivity contribution < 1.29 is 76.9 Å². The second-order valence-corrected chi connectivity index (χ2v) is 78.2. The number of fused-ring (bicyclic) bond motifs is 3. The quantitative estimate of drug-likeness (QED) is 0.0266. The molecule has 7 aromatic rings. The third-order valence-electron chi connectivity index (χ3n) is 17.0. The van der Waals surface area contributed by atoms with E-state index in [4.69, 9.17) is 76.9 Å². The first-order valence-electron chi connectivity index (χ1n) is 36.3. The number of rotatable bonds is 37. The molecule has 7 aromatic carbocycles. The predicted molar refractivity (Wildman–Crippen MR) is 437 cm³/mol. The summed E-state index contributed by atoms with van der Waals surface area (Å²) in [5.41, 5.74) is 0. The molecule has 0 amide bonds. The van der Waals surface area contributed by atoms with Gasteiger partial charge in [0.15, 0.2) is 49.9 Å². The summed E-state index contributed by atoms with van der Waals surface area (Å²) in [6, 6.07) is 71.4. The maximum absolute atomic E-state index is 8.74. The van der Waals surface area contributed by atoms with Crippen molar-refractivity contribution in [3.05, 3.63) is 212 Å². The van der Waals surface area contributed by atoms with Crippen LogP contribution in [0.3, 0.4) is 0 Å². The van der Waals surface area contributed by atoms with Gasteiger partial charge in [-0.25, -0.2) is 0 Å². The van der Waals surface area contributed by atoms with E-state index < -0.39 is 112 Å². The van der Waals surface area contributed by atoms with Crippen LogP contribution < -0.4 is 36.3 Å². The fourth-order valence-electron chi connectivity index (χ4n) is 12.3. The number of benzene rings is 7. The Hall–Kier alpha value is -3.36. The molecule has 31 heteroatoms. The molecule has 3 saturated heterocycles. The minimum absolute atomic E-state index is 0.475. The normalized spacial score (nSPS) is 25.1. The SMILES string of the molecule is C[Si](C)(C)OCCOCCC[Si](C)(C)O[Si]1(c2ccccc2)O[Si]2(c3ccccc3)O[Si](O[Si](C)(C)CCCOCCO[Si](C)(C)C)(c3ccccc3)O[Si]3(c4ccccc4)O[Si](O[Si](C)(C)CCCOCCO[Si](C)(C)C)(c4ccccc4)O[Si](c4ccccc4)(O1)O[Si](c1ccccc1)(O2)O3. The van der Waals surface area contributed by atoms with Crippen molar-refractivity contribution in [2.75, 3.05) is 59.5 Å². The van der Waals surface area contributed by atoms with E-state index in [0.29, 0.717) is 133 Å². The Morgan fingerprint density at radius 1 is 0.223 bits per heavy atom. The summed E-state index contributed by atoms with van der Waals surface area (Å²) >= 11 is 0. The molecule has 103 heavy (non-hydrogen) atoms. The molecular formula is C72H110O18Si13. The van der Waals surface area contributed by atoms with Crippen molar-refractivity contribution in [3.8, 4) is 0 Å². The molecule has 0 spiro atoms. The van der Waals surface area contributed by atoms with Gasteiger partial charge in [-0.05, 0) is 136 Å².